The summed E-state index contributed by atoms with van der Waals surface area (Å²) in [5, 5.41) is 9.28. The van der Waals surface area contributed by atoms with Crippen LogP contribution in [0.2, 0.25) is 0 Å². The van der Waals surface area contributed by atoms with Gasteiger partial charge in [-0.15, -0.1) is 10.2 Å². The van der Waals surface area contributed by atoms with Gasteiger partial charge in [-0.05, 0) is 25.0 Å². The second-order valence-electron chi connectivity index (χ2n) is 5.42. The standard InChI is InChI=1S/C14H17N5S/c1-2-6-15-11(3-1)9-18-7-4-13-12(18)5-8-19(13)14-17-16-10-20-14/h1-3,6,10,12-13H,4-5,7-9H2/t12-,13+/m1/s1. The van der Waals surface area contributed by atoms with Crippen LogP contribution in [-0.4, -0.2) is 45.3 Å². The number of hydrogen-bond acceptors (Lipinski definition) is 6. The first-order valence-corrected chi connectivity index (χ1v) is 7.96. The van der Waals surface area contributed by atoms with Crippen molar-refractivity contribution in [2.45, 2.75) is 31.5 Å². The lowest BCUT2D eigenvalue weighted by molar-refractivity contribution is 0.243. The molecule has 2 saturated heterocycles. The molecular weight excluding hydrogens is 270 g/mol. The third-order valence-electron chi connectivity index (χ3n) is 4.38. The van der Waals surface area contributed by atoms with E-state index in [1.165, 1.54) is 18.5 Å². The van der Waals surface area contributed by atoms with Crippen molar-refractivity contribution < 1.29 is 0 Å². The van der Waals surface area contributed by atoms with Crippen LogP contribution in [-0.2, 0) is 6.54 Å². The first kappa shape index (κ1) is 12.2. The van der Waals surface area contributed by atoms with E-state index in [1.54, 1.807) is 11.3 Å². The molecule has 2 aromatic rings. The first-order chi connectivity index (χ1) is 9.92. The number of nitrogens with zero attached hydrogens (tertiary/aromatic N) is 5. The monoisotopic (exact) mass is 287 g/mol. The molecule has 104 valence electrons. The van der Waals surface area contributed by atoms with Crippen molar-refractivity contribution in [1.29, 1.82) is 0 Å². The maximum absolute atomic E-state index is 4.45. The third-order valence-corrected chi connectivity index (χ3v) is 5.10. The molecule has 2 fully saturated rings. The van der Waals surface area contributed by atoms with Crippen molar-refractivity contribution in [3.05, 3.63) is 35.6 Å². The fraction of sp³-hybridized carbons (Fsp3) is 0.500. The normalized spacial score (nSPS) is 26.1. The minimum atomic E-state index is 0.603. The molecular formula is C14H17N5S. The largest absolute Gasteiger partial charge is 0.342 e. The quantitative estimate of drug-likeness (QED) is 0.861. The molecule has 0 bridgehead atoms. The number of aromatic nitrogens is 3. The van der Waals surface area contributed by atoms with Gasteiger partial charge in [0.2, 0.25) is 5.13 Å². The van der Waals surface area contributed by atoms with Gasteiger partial charge in [-0.3, -0.25) is 9.88 Å². The molecule has 4 heterocycles. The van der Waals surface area contributed by atoms with Gasteiger partial charge in [0.1, 0.15) is 5.51 Å². The minimum absolute atomic E-state index is 0.603. The van der Waals surface area contributed by atoms with Crippen LogP contribution in [0.15, 0.2) is 29.9 Å². The van der Waals surface area contributed by atoms with E-state index in [9.17, 15) is 0 Å². The lowest BCUT2D eigenvalue weighted by Gasteiger charge is -2.24. The molecule has 20 heavy (non-hydrogen) atoms. The minimum Gasteiger partial charge on any atom is -0.342 e. The van der Waals surface area contributed by atoms with Crippen LogP contribution in [0.1, 0.15) is 18.5 Å². The van der Waals surface area contributed by atoms with Gasteiger partial charge in [-0.2, -0.15) is 0 Å². The molecule has 0 spiro atoms. The Morgan fingerprint density at radius 1 is 1.20 bits per heavy atom. The Morgan fingerprint density at radius 3 is 2.95 bits per heavy atom. The highest BCUT2D eigenvalue weighted by molar-refractivity contribution is 7.13. The van der Waals surface area contributed by atoms with Gasteiger partial charge in [0.15, 0.2) is 0 Å². The SMILES string of the molecule is c1ccc(CN2CC[C@H]3[C@H]2CCN3c2nncs2)nc1. The number of fused-ring (bicyclic) bond motifs is 1. The van der Waals surface area contributed by atoms with Crippen molar-refractivity contribution in [3.8, 4) is 0 Å². The van der Waals surface area contributed by atoms with E-state index >= 15 is 0 Å². The van der Waals surface area contributed by atoms with Crippen molar-refractivity contribution in [2.75, 3.05) is 18.0 Å². The number of anilines is 1. The lowest BCUT2D eigenvalue weighted by Crippen LogP contribution is -2.36. The van der Waals surface area contributed by atoms with Gasteiger partial charge in [0.05, 0.1) is 5.69 Å². The summed E-state index contributed by atoms with van der Waals surface area (Å²) < 4.78 is 0. The van der Waals surface area contributed by atoms with Crippen LogP contribution < -0.4 is 4.90 Å². The predicted octanol–water partition coefficient (Wildman–Crippen LogP) is 1.79. The number of pyridine rings is 1. The molecule has 6 heteroatoms. The third kappa shape index (κ3) is 2.09. The molecule has 0 unspecified atom stereocenters. The molecule has 2 atom stereocenters. The molecule has 2 aliphatic heterocycles. The van der Waals surface area contributed by atoms with E-state index in [4.69, 9.17) is 0 Å². The Morgan fingerprint density at radius 2 is 2.15 bits per heavy atom. The molecule has 5 nitrogen and oxygen atoms in total. The lowest BCUT2D eigenvalue weighted by atomic mass is 10.1. The van der Waals surface area contributed by atoms with E-state index in [2.05, 4.69) is 37.1 Å². The van der Waals surface area contributed by atoms with Crippen LogP contribution >= 0.6 is 11.3 Å². The van der Waals surface area contributed by atoms with Gasteiger partial charge >= 0.3 is 0 Å². The fourth-order valence-electron chi connectivity index (χ4n) is 3.50. The first-order valence-electron chi connectivity index (χ1n) is 7.08. The topological polar surface area (TPSA) is 45.2 Å². The highest BCUT2D eigenvalue weighted by Gasteiger charge is 2.43. The molecule has 0 radical (unpaired) electrons. The molecule has 0 amide bonds. The molecule has 0 saturated carbocycles. The van der Waals surface area contributed by atoms with Crippen LogP contribution in [0.5, 0.6) is 0 Å². The van der Waals surface area contributed by atoms with Crippen molar-refractivity contribution in [1.82, 2.24) is 20.1 Å². The molecule has 4 rings (SSSR count). The van der Waals surface area contributed by atoms with Crippen LogP contribution in [0.4, 0.5) is 5.13 Å². The van der Waals surface area contributed by atoms with Crippen molar-refractivity contribution >= 4 is 16.5 Å². The van der Waals surface area contributed by atoms with Gasteiger partial charge in [-0.1, -0.05) is 17.4 Å². The van der Waals surface area contributed by atoms with Crippen LogP contribution in [0, 0.1) is 0 Å². The summed E-state index contributed by atoms with van der Waals surface area (Å²) in [4.78, 5) is 9.47. The Kier molecular flexibility index (Phi) is 3.12. The van der Waals surface area contributed by atoms with Crippen molar-refractivity contribution in [3.63, 3.8) is 0 Å². The Hall–Kier alpha value is -1.53. The second-order valence-corrected chi connectivity index (χ2v) is 6.23. The summed E-state index contributed by atoms with van der Waals surface area (Å²) in [6, 6.07) is 7.40. The second kappa shape index (κ2) is 5.10. The molecule has 2 aliphatic rings. The summed E-state index contributed by atoms with van der Waals surface area (Å²) in [7, 11) is 0. The summed E-state index contributed by atoms with van der Waals surface area (Å²) in [6.45, 7) is 3.22. The van der Waals surface area contributed by atoms with Gasteiger partial charge < -0.3 is 4.90 Å². The summed E-state index contributed by atoms with van der Waals surface area (Å²) >= 11 is 1.65. The van der Waals surface area contributed by atoms with Crippen LogP contribution in [0.25, 0.3) is 0 Å². The van der Waals surface area contributed by atoms with Gasteiger partial charge in [0.25, 0.3) is 0 Å². The Balaban J connectivity index is 1.48. The van der Waals surface area contributed by atoms with E-state index in [-0.39, 0.29) is 0 Å². The molecule has 0 aromatic carbocycles. The summed E-state index contributed by atoms with van der Waals surface area (Å²) in [5.74, 6) is 0. The number of likely N-dealkylation sites (tertiary alicyclic amines) is 1. The zero-order valence-electron chi connectivity index (χ0n) is 11.2. The van der Waals surface area contributed by atoms with E-state index in [0.29, 0.717) is 12.1 Å². The predicted molar refractivity (Wildman–Crippen MR) is 78.7 cm³/mol. The molecule has 2 aromatic heterocycles. The average molecular weight is 287 g/mol. The van der Waals surface area contributed by atoms with E-state index in [1.807, 2.05) is 17.8 Å². The smallest absolute Gasteiger partial charge is 0.208 e. The Labute approximate surface area is 122 Å². The zero-order valence-corrected chi connectivity index (χ0v) is 12.0. The van der Waals surface area contributed by atoms with Gasteiger partial charge in [-0.25, -0.2) is 0 Å². The highest BCUT2D eigenvalue weighted by Crippen LogP contribution is 2.35. The Bertz CT molecular complexity index is 558. The van der Waals surface area contributed by atoms with Crippen molar-refractivity contribution in [2.24, 2.45) is 0 Å². The van der Waals surface area contributed by atoms with E-state index < -0.39 is 0 Å². The van der Waals surface area contributed by atoms with E-state index in [0.717, 1.165) is 24.8 Å². The summed E-state index contributed by atoms with van der Waals surface area (Å²) in [5.41, 5.74) is 2.99. The molecule has 0 aliphatic carbocycles. The van der Waals surface area contributed by atoms with Gasteiger partial charge in [0, 0.05) is 37.9 Å². The zero-order chi connectivity index (χ0) is 13.4. The maximum Gasteiger partial charge on any atom is 0.208 e. The number of hydrogen-bond donors (Lipinski definition) is 0. The fourth-order valence-corrected chi connectivity index (χ4v) is 4.15. The number of rotatable bonds is 3. The summed E-state index contributed by atoms with van der Waals surface area (Å²) in [6.07, 6.45) is 4.32. The molecule has 0 N–H and O–H groups in total. The maximum atomic E-state index is 4.45. The van der Waals surface area contributed by atoms with Crippen LogP contribution in [0.3, 0.4) is 0 Å². The highest BCUT2D eigenvalue weighted by atomic mass is 32.1. The average Bonchev–Trinajstić information content (AvgIpc) is 3.18.